The van der Waals surface area contributed by atoms with Gasteiger partial charge in [-0.05, 0) is 68.4 Å². The monoisotopic (exact) mass is 522 g/mol. The lowest BCUT2D eigenvalue weighted by atomic mass is 10.2. The largest absolute Gasteiger partial charge is 0.494 e. The van der Waals surface area contributed by atoms with Crippen LogP contribution in [0.2, 0.25) is 0 Å². The van der Waals surface area contributed by atoms with E-state index in [0.717, 1.165) is 20.9 Å². The Labute approximate surface area is 215 Å². The number of rotatable bonds is 9. The van der Waals surface area contributed by atoms with Crippen molar-refractivity contribution in [2.75, 3.05) is 17.2 Å². The minimum absolute atomic E-state index is 0.0788. The van der Waals surface area contributed by atoms with E-state index >= 15 is 0 Å². The van der Waals surface area contributed by atoms with Crippen molar-refractivity contribution >= 4 is 61.6 Å². The molecule has 0 fully saturated rings. The maximum absolute atomic E-state index is 12.7. The third-order valence-electron chi connectivity index (χ3n) is 5.04. The quantitative estimate of drug-likeness (QED) is 0.158. The van der Waals surface area contributed by atoms with Crippen LogP contribution in [0.5, 0.6) is 5.75 Å². The first-order chi connectivity index (χ1) is 17.3. The van der Waals surface area contributed by atoms with Crippen LogP contribution in [0, 0.1) is 10.1 Å². The van der Waals surface area contributed by atoms with Gasteiger partial charge in [0, 0.05) is 28.3 Å². The molecule has 0 saturated carbocycles. The predicted octanol–water partition coefficient (Wildman–Crippen LogP) is 5.97. The minimum Gasteiger partial charge on any atom is -0.494 e. The summed E-state index contributed by atoms with van der Waals surface area (Å²) in [5, 5.41) is 16.5. The standard InChI is InChI=1S/C25H22N4O5S2/c1-3-34-19-10-13-21-22(14-19)36-25(27-21)28-23(30)15(2)35-20-11-6-17(7-12-20)26-24(31)16-4-8-18(9-5-16)29(32)33/h4-15H,3H2,1-2H3,(H,26,31)(H,27,28,30). The number of carbonyl (C=O) groups excluding carboxylic acids is 2. The van der Waals surface area contributed by atoms with Gasteiger partial charge in [0.05, 0.1) is 27.0 Å². The highest BCUT2D eigenvalue weighted by Crippen LogP contribution is 2.31. The number of nitrogens with one attached hydrogen (secondary N) is 2. The fraction of sp³-hybridized carbons (Fsp3) is 0.160. The maximum atomic E-state index is 12.7. The lowest BCUT2D eigenvalue weighted by Gasteiger charge is -2.11. The molecule has 0 aliphatic heterocycles. The highest BCUT2D eigenvalue weighted by atomic mass is 32.2. The summed E-state index contributed by atoms with van der Waals surface area (Å²) < 4.78 is 6.45. The summed E-state index contributed by atoms with van der Waals surface area (Å²) in [5.74, 6) is 0.227. The molecule has 184 valence electrons. The van der Waals surface area contributed by atoms with Crippen LogP contribution >= 0.6 is 23.1 Å². The summed E-state index contributed by atoms with van der Waals surface area (Å²) in [6.45, 7) is 4.31. The molecule has 4 rings (SSSR count). The first-order valence-corrected chi connectivity index (χ1v) is 12.7. The number of nitro benzene ring substituents is 1. The molecule has 4 aromatic rings. The maximum Gasteiger partial charge on any atom is 0.269 e. The number of ether oxygens (including phenoxy) is 1. The molecule has 1 heterocycles. The fourth-order valence-electron chi connectivity index (χ4n) is 3.23. The number of nitro groups is 1. The first-order valence-electron chi connectivity index (χ1n) is 11.0. The number of amides is 2. The van der Waals surface area contributed by atoms with Crippen molar-refractivity contribution in [3.8, 4) is 5.75 Å². The summed E-state index contributed by atoms with van der Waals surface area (Å²) in [5.41, 5.74) is 1.60. The number of thiazole rings is 1. The number of anilines is 2. The van der Waals surface area contributed by atoms with Crippen LogP contribution < -0.4 is 15.4 Å². The Bertz CT molecular complexity index is 1400. The minimum atomic E-state index is -0.517. The van der Waals surface area contributed by atoms with Crippen molar-refractivity contribution < 1.29 is 19.2 Å². The summed E-state index contributed by atoms with van der Waals surface area (Å²) in [6.07, 6.45) is 0. The molecule has 2 amide bonds. The van der Waals surface area contributed by atoms with E-state index in [1.165, 1.54) is 47.4 Å². The van der Waals surface area contributed by atoms with E-state index in [4.69, 9.17) is 4.74 Å². The van der Waals surface area contributed by atoms with E-state index in [1.54, 1.807) is 12.1 Å². The number of carbonyl (C=O) groups is 2. The Kier molecular flexibility index (Phi) is 7.81. The molecule has 1 aromatic heterocycles. The molecule has 11 heteroatoms. The second-order valence-electron chi connectivity index (χ2n) is 7.61. The third-order valence-corrected chi connectivity index (χ3v) is 7.08. The normalized spacial score (nSPS) is 11.6. The Morgan fingerprint density at radius 3 is 2.47 bits per heavy atom. The SMILES string of the molecule is CCOc1ccc2nc(NC(=O)C(C)Sc3ccc(NC(=O)c4ccc([N+](=O)[O-])cc4)cc3)sc2c1. The molecular weight excluding hydrogens is 500 g/mol. The molecule has 1 unspecified atom stereocenters. The first kappa shape index (κ1) is 25.1. The number of fused-ring (bicyclic) bond motifs is 1. The zero-order valence-corrected chi connectivity index (χ0v) is 21.0. The van der Waals surface area contributed by atoms with Crippen molar-refractivity contribution in [3.05, 3.63) is 82.4 Å². The molecule has 0 spiro atoms. The van der Waals surface area contributed by atoms with Crippen LogP contribution in [0.4, 0.5) is 16.5 Å². The van der Waals surface area contributed by atoms with Gasteiger partial charge < -0.3 is 15.4 Å². The van der Waals surface area contributed by atoms with Gasteiger partial charge in [0.1, 0.15) is 5.75 Å². The molecule has 9 nitrogen and oxygen atoms in total. The lowest BCUT2D eigenvalue weighted by Crippen LogP contribution is -2.22. The van der Waals surface area contributed by atoms with E-state index < -0.39 is 4.92 Å². The molecule has 0 aliphatic rings. The van der Waals surface area contributed by atoms with Crippen molar-refractivity contribution in [1.82, 2.24) is 4.98 Å². The fourth-order valence-corrected chi connectivity index (χ4v) is 5.00. The Morgan fingerprint density at radius 2 is 1.81 bits per heavy atom. The van der Waals surface area contributed by atoms with Crippen LogP contribution in [0.3, 0.4) is 0 Å². The number of benzene rings is 3. The lowest BCUT2D eigenvalue weighted by molar-refractivity contribution is -0.384. The zero-order chi connectivity index (χ0) is 25.7. The Morgan fingerprint density at radius 1 is 1.08 bits per heavy atom. The summed E-state index contributed by atoms with van der Waals surface area (Å²) in [6, 6.07) is 18.1. The molecule has 0 aliphatic carbocycles. The molecule has 0 saturated heterocycles. The van der Waals surface area contributed by atoms with Gasteiger partial charge in [0.15, 0.2) is 5.13 Å². The van der Waals surface area contributed by atoms with Crippen LogP contribution in [-0.2, 0) is 4.79 Å². The van der Waals surface area contributed by atoms with E-state index in [9.17, 15) is 19.7 Å². The molecule has 36 heavy (non-hydrogen) atoms. The van der Waals surface area contributed by atoms with E-state index in [0.29, 0.717) is 23.0 Å². The number of hydrogen-bond acceptors (Lipinski definition) is 8. The molecule has 0 bridgehead atoms. The topological polar surface area (TPSA) is 123 Å². The smallest absolute Gasteiger partial charge is 0.269 e. The number of thioether (sulfide) groups is 1. The van der Waals surface area contributed by atoms with Crippen LogP contribution in [0.25, 0.3) is 10.2 Å². The van der Waals surface area contributed by atoms with Gasteiger partial charge >= 0.3 is 0 Å². The van der Waals surface area contributed by atoms with Crippen molar-refractivity contribution in [2.45, 2.75) is 24.0 Å². The van der Waals surface area contributed by atoms with Gasteiger partial charge in [0.25, 0.3) is 11.6 Å². The number of non-ortho nitro benzene ring substituents is 1. The van der Waals surface area contributed by atoms with Gasteiger partial charge in [-0.2, -0.15) is 0 Å². The van der Waals surface area contributed by atoms with Gasteiger partial charge in [-0.1, -0.05) is 11.3 Å². The Balaban J connectivity index is 1.32. The van der Waals surface area contributed by atoms with E-state index in [1.807, 2.05) is 44.2 Å². The van der Waals surface area contributed by atoms with Crippen molar-refractivity contribution in [3.63, 3.8) is 0 Å². The van der Waals surface area contributed by atoms with Crippen molar-refractivity contribution in [1.29, 1.82) is 0 Å². The zero-order valence-electron chi connectivity index (χ0n) is 19.4. The predicted molar refractivity (Wildman–Crippen MR) is 142 cm³/mol. The number of aromatic nitrogens is 1. The Hall–Kier alpha value is -3.96. The van der Waals surface area contributed by atoms with E-state index in [2.05, 4.69) is 15.6 Å². The van der Waals surface area contributed by atoms with Gasteiger partial charge in [-0.25, -0.2) is 4.98 Å². The van der Waals surface area contributed by atoms with Gasteiger partial charge in [-0.15, -0.1) is 11.8 Å². The van der Waals surface area contributed by atoms with Crippen molar-refractivity contribution in [2.24, 2.45) is 0 Å². The average Bonchev–Trinajstić information content (AvgIpc) is 3.27. The van der Waals surface area contributed by atoms with Crippen LogP contribution in [0.1, 0.15) is 24.2 Å². The highest BCUT2D eigenvalue weighted by Gasteiger charge is 2.17. The second-order valence-corrected chi connectivity index (χ2v) is 10.1. The second kappa shape index (κ2) is 11.2. The molecule has 1 atom stereocenters. The van der Waals surface area contributed by atoms with E-state index in [-0.39, 0.29) is 22.8 Å². The molecule has 3 aromatic carbocycles. The molecular formula is C25H22N4O5S2. The summed E-state index contributed by atoms with van der Waals surface area (Å²) >= 11 is 2.77. The number of nitrogens with zero attached hydrogens (tertiary/aromatic N) is 2. The van der Waals surface area contributed by atoms with Gasteiger partial charge in [-0.3, -0.25) is 19.7 Å². The highest BCUT2D eigenvalue weighted by molar-refractivity contribution is 8.00. The number of hydrogen-bond donors (Lipinski definition) is 2. The van der Waals surface area contributed by atoms with Crippen LogP contribution in [-0.4, -0.2) is 33.6 Å². The van der Waals surface area contributed by atoms with Gasteiger partial charge in [0.2, 0.25) is 5.91 Å². The summed E-state index contributed by atoms with van der Waals surface area (Å²) in [7, 11) is 0. The third kappa shape index (κ3) is 6.18. The summed E-state index contributed by atoms with van der Waals surface area (Å²) in [4.78, 5) is 40.7. The van der Waals surface area contributed by atoms with Crippen LogP contribution in [0.15, 0.2) is 71.6 Å². The molecule has 2 N–H and O–H groups in total. The average molecular weight is 523 g/mol. The molecule has 0 radical (unpaired) electrons.